The molecule has 1 aromatic carbocycles. The first kappa shape index (κ1) is 18.0. The van der Waals surface area contributed by atoms with Crippen molar-refractivity contribution >= 4 is 5.91 Å². The molecule has 136 valence electrons. The molecular formula is C19H24N6O. The van der Waals surface area contributed by atoms with Crippen molar-refractivity contribution in [3.63, 3.8) is 0 Å². The van der Waals surface area contributed by atoms with Crippen LogP contribution in [-0.2, 0) is 12.8 Å². The lowest BCUT2D eigenvalue weighted by atomic mass is 9.92. The predicted octanol–water partition coefficient (Wildman–Crippen LogP) is 3.84. The molecule has 2 atom stereocenters. The molecule has 0 bridgehead atoms. The number of likely N-dealkylation sites (N-methyl/N-ethyl adjacent to an activating group) is 1. The van der Waals surface area contributed by atoms with Crippen LogP contribution in [0.4, 0.5) is 0 Å². The fraction of sp³-hybridized carbons (Fsp3) is 0.474. The normalized spacial score (nSPS) is 17.1. The highest BCUT2D eigenvalue weighted by Crippen LogP contribution is 2.24. The van der Waals surface area contributed by atoms with Crippen LogP contribution in [0.25, 0.3) is 10.4 Å². The number of H-pyrrole nitrogens is 1. The zero-order valence-corrected chi connectivity index (χ0v) is 15.2. The number of azide groups is 1. The number of hydrogen-bond donors (Lipinski definition) is 1. The van der Waals surface area contributed by atoms with Crippen LogP contribution in [0.5, 0.6) is 0 Å². The van der Waals surface area contributed by atoms with E-state index in [1.165, 1.54) is 5.56 Å². The first-order valence-corrected chi connectivity index (χ1v) is 9.07. The van der Waals surface area contributed by atoms with Gasteiger partial charge >= 0.3 is 0 Å². The smallest absolute Gasteiger partial charge is 0.254 e. The molecule has 0 fully saturated rings. The van der Waals surface area contributed by atoms with Gasteiger partial charge in [-0.05, 0) is 60.9 Å². The largest absolute Gasteiger partial charge is 0.336 e. The Hall–Kier alpha value is -2.79. The van der Waals surface area contributed by atoms with Gasteiger partial charge in [0.15, 0.2) is 0 Å². The van der Waals surface area contributed by atoms with Gasteiger partial charge in [-0.15, -0.1) is 0 Å². The Balaban J connectivity index is 1.71. The minimum atomic E-state index is 0.0682. The molecule has 0 saturated heterocycles. The number of aryl methyl sites for hydroxylation is 1. The van der Waals surface area contributed by atoms with Gasteiger partial charge in [-0.3, -0.25) is 9.89 Å². The Kier molecular flexibility index (Phi) is 5.58. The molecule has 0 aliphatic heterocycles. The Morgan fingerprint density at radius 2 is 2.23 bits per heavy atom. The number of aromatic amines is 1. The molecule has 0 radical (unpaired) electrons. The standard InChI is InChI=1S/C19H24N6O/c1-3-25(17-8-9-18-16(10-17)12-21-23-18)19(26)15-6-4-14(5-7-15)13(2)11-22-24-20/h4-7,12-13,17H,3,8-11H2,1-2H3,(H,21,23). The topological polar surface area (TPSA) is 97.8 Å². The summed E-state index contributed by atoms with van der Waals surface area (Å²) < 4.78 is 0. The van der Waals surface area contributed by atoms with Gasteiger partial charge in [0, 0.05) is 35.8 Å². The molecule has 7 heteroatoms. The molecule has 0 spiro atoms. The molecule has 2 unspecified atom stereocenters. The van der Waals surface area contributed by atoms with Gasteiger partial charge in [-0.25, -0.2) is 0 Å². The van der Waals surface area contributed by atoms with Crippen molar-refractivity contribution in [2.24, 2.45) is 5.11 Å². The molecule has 2 aromatic rings. The first-order chi connectivity index (χ1) is 12.6. The first-order valence-electron chi connectivity index (χ1n) is 9.07. The number of fused-ring (bicyclic) bond motifs is 1. The second-order valence-electron chi connectivity index (χ2n) is 6.78. The SMILES string of the molecule is CCN(C(=O)c1ccc(C(C)CN=[N+]=[N-])cc1)C1CCc2n[nH]cc2C1. The number of nitrogens with one attached hydrogen (secondary N) is 1. The Bertz CT molecular complexity index is 806. The monoisotopic (exact) mass is 352 g/mol. The van der Waals surface area contributed by atoms with E-state index in [9.17, 15) is 4.79 Å². The fourth-order valence-electron chi connectivity index (χ4n) is 3.61. The quantitative estimate of drug-likeness (QED) is 0.485. The highest BCUT2D eigenvalue weighted by atomic mass is 16.2. The third-order valence-corrected chi connectivity index (χ3v) is 5.17. The summed E-state index contributed by atoms with van der Waals surface area (Å²) in [7, 11) is 0. The molecule has 26 heavy (non-hydrogen) atoms. The molecule has 1 aliphatic rings. The van der Waals surface area contributed by atoms with Gasteiger partial charge in [0.2, 0.25) is 0 Å². The third-order valence-electron chi connectivity index (χ3n) is 5.17. The highest BCUT2D eigenvalue weighted by Gasteiger charge is 2.28. The predicted molar refractivity (Wildman–Crippen MR) is 100.0 cm³/mol. The molecule has 0 saturated carbocycles. The number of benzene rings is 1. The Labute approximate surface area is 153 Å². The summed E-state index contributed by atoms with van der Waals surface area (Å²) in [6, 6.07) is 7.86. The third kappa shape index (κ3) is 3.73. The lowest BCUT2D eigenvalue weighted by Gasteiger charge is -2.33. The Morgan fingerprint density at radius 1 is 1.46 bits per heavy atom. The van der Waals surface area contributed by atoms with Crippen molar-refractivity contribution in [3.05, 3.63) is 63.3 Å². The van der Waals surface area contributed by atoms with Crippen LogP contribution in [0.15, 0.2) is 35.6 Å². The van der Waals surface area contributed by atoms with E-state index in [-0.39, 0.29) is 17.9 Å². The average Bonchev–Trinajstić information content (AvgIpc) is 3.14. The summed E-state index contributed by atoms with van der Waals surface area (Å²) in [5.74, 6) is 0.203. The van der Waals surface area contributed by atoms with Crippen LogP contribution in [-0.4, -0.2) is 40.1 Å². The van der Waals surface area contributed by atoms with Crippen molar-refractivity contribution in [2.45, 2.75) is 45.1 Å². The number of nitrogens with zero attached hydrogens (tertiary/aromatic N) is 5. The van der Waals surface area contributed by atoms with Gasteiger partial charge in [-0.1, -0.05) is 24.2 Å². The molecule has 1 heterocycles. The van der Waals surface area contributed by atoms with E-state index >= 15 is 0 Å². The molecule has 1 aliphatic carbocycles. The van der Waals surface area contributed by atoms with Crippen LogP contribution in [0, 0.1) is 0 Å². The van der Waals surface area contributed by atoms with Gasteiger partial charge in [0.1, 0.15) is 0 Å². The van der Waals surface area contributed by atoms with Crippen molar-refractivity contribution in [3.8, 4) is 0 Å². The van der Waals surface area contributed by atoms with Gasteiger partial charge < -0.3 is 4.90 Å². The average molecular weight is 352 g/mol. The molecule has 1 aromatic heterocycles. The number of rotatable bonds is 6. The van der Waals surface area contributed by atoms with E-state index in [1.807, 2.05) is 49.2 Å². The van der Waals surface area contributed by atoms with Crippen molar-refractivity contribution in [1.29, 1.82) is 0 Å². The van der Waals surface area contributed by atoms with Crippen LogP contribution < -0.4 is 0 Å². The van der Waals surface area contributed by atoms with Crippen molar-refractivity contribution < 1.29 is 4.79 Å². The summed E-state index contributed by atoms with van der Waals surface area (Å²) in [5, 5.41) is 10.8. The van der Waals surface area contributed by atoms with E-state index in [4.69, 9.17) is 5.53 Å². The molecule has 7 nitrogen and oxygen atoms in total. The van der Waals surface area contributed by atoms with E-state index in [0.29, 0.717) is 18.7 Å². The summed E-state index contributed by atoms with van der Waals surface area (Å²) in [5.41, 5.74) is 12.6. The highest BCUT2D eigenvalue weighted by molar-refractivity contribution is 5.94. The summed E-state index contributed by atoms with van der Waals surface area (Å²) >= 11 is 0. The van der Waals surface area contributed by atoms with Gasteiger partial charge in [0.25, 0.3) is 5.91 Å². The number of aromatic nitrogens is 2. The van der Waals surface area contributed by atoms with Crippen molar-refractivity contribution in [2.75, 3.05) is 13.1 Å². The maximum atomic E-state index is 13.0. The van der Waals surface area contributed by atoms with E-state index < -0.39 is 0 Å². The van der Waals surface area contributed by atoms with Gasteiger partial charge in [-0.2, -0.15) is 5.10 Å². The number of hydrogen-bond acceptors (Lipinski definition) is 3. The number of amides is 1. The molecule has 3 rings (SSSR count). The zero-order valence-electron chi connectivity index (χ0n) is 15.2. The second kappa shape index (κ2) is 8.06. The van der Waals surface area contributed by atoms with Crippen LogP contribution >= 0.6 is 0 Å². The lowest BCUT2D eigenvalue weighted by Crippen LogP contribution is -2.43. The lowest BCUT2D eigenvalue weighted by molar-refractivity contribution is 0.0674. The maximum absolute atomic E-state index is 13.0. The van der Waals surface area contributed by atoms with Crippen LogP contribution in [0.3, 0.4) is 0 Å². The summed E-state index contributed by atoms with van der Waals surface area (Å²) in [6.45, 7) is 5.14. The zero-order chi connectivity index (χ0) is 18.5. The summed E-state index contributed by atoms with van der Waals surface area (Å²) in [6.07, 6.45) is 4.65. The summed E-state index contributed by atoms with van der Waals surface area (Å²) in [4.78, 5) is 17.8. The van der Waals surface area contributed by atoms with E-state index in [0.717, 1.165) is 30.5 Å². The minimum Gasteiger partial charge on any atom is -0.336 e. The van der Waals surface area contributed by atoms with Gasteiger partial charge in [0.05, 0.1) is 5.69 Å². The Morgan fingerprint density at radius 3 is 2.92 bits per heavy atom. The number of carbonyl (C=O) groups is 1. The molecular weight excluding hydrogens is 328 g/mol. The van der Waals surface area contributed by atoms with E-state index in [1.54, 1.807) is 0 Å². The van der Waals surface area contributed by atoms with Crippen LogP contribution in [0.2, 0.25) is 0 Å². The second-order valence-corrected chi connectivity index (χ2v) is 6.78. The minimum absolute atomic E-state index is 0.0682. The van der Waals surface area contributed by atoms with E-state index in [2.05, 4.69) is 20.2 Å². The maximum Gasteiger partial charge on any atom is 0.254 e. The van der Waals surface area contributed by atoms with Crippen molar-refractivity contribution in [1.82, 2.24) is 15.1 Å². The molecule has 1 N–H and O–H groups in total. The number of carbonyl (C=O) groups excluding carboxylic acids is 1. The van der Waals surface area contributed by atoms with Crippen LogP contribution in [0.1, 0.15) is 53.4 Å². The molecule has 1 amide bonds. The fourth-order valence-corrected chi connectivity index (χ4v) is 3.61.